The first-order valence-corrected chi connectivity index (χ1v) is 10.4. The van der Waals surface area contributed by atoms with Crippen molar-refractivity contribution in [3.05, 3.63) is 90.9 Å². The topological polar surface area (TPSA) is 83.1 Å². The number of nitrogens with zero attached hydrogens (tertiary/aromatic N) is 4. The largest absolute Gasteiger partial charge is 0.336 e. The Morgan fingerprint density at radius 3 is 2.59 bits per heavy atom. The lowest BCUT2D eigenvalue weighted by atomic mass is 10.0. The Balaban J connectivity index is 1.65. The molecule has 0 aliphatic carbocycles. The van der Waals surface area contributed by atoms with E-state index in [1.54, 1.807) is 18.5 Å². The van der Waals surface area contributed by atoms with Crippen molar-refractivity contribution in [1.29, 1.82) is 0 Å². The van der Waals surface area contributed by atoms with Gasteiger partial charge in [0, 0.05) is 18.0 Å². The summed E-state index contributed by atoms with van der Waals surface area (Å²) in [6.45, 7) is 7.87. The van der Waals surface area contributed by atoms with Crippen LogP contribution in [0, 0.1) is 0 Å². The summed E-state index contributed by atoms with van der Waals surface area (Å²) in [6.07, 6.45) is 9.41. The van der Waals surface area contributed by atoms with E-state index >= 15 is 0 Å². The zero-order chi connectivity index (χ0) is 22.1. The van der Waals surface area contributed by atoms with E-state index in [2.05, 4.69) is 45.8 Å². The molecule has 0 amide bonds. The van der Waals surface area contributed by atoms with Gasteiger partial charge in [-0.3, -0.25) is 10.1 Å². The smallest absolute Gasteiger partial charge is 0.161 e. The number of fused-ring (bicyclic) bond motifs is 2. The molecule has 6 nitrogen and oxygen atoms in total. The highest BCUT2D eigenvalue weighted by atomic mass is 15.1. The highest BCUT2D eigenvalue weighted by molar-refractivity contribution is 5.96. The molecule has 5 aromatic rings. The fourth-order valence-corrected chi connectivity index (χ4v) is 3.97. The van der Waals surface area contributed by atoms with Crippen molar-refractivity contribution < 1.29 is 0 Å². The van der Waals surface area contributed by atoms with Gasteiger partial charge in [0.1, 0.15) is 5.52 Å². The van der Waals surface area contributed by atoms with Crippen molar-refractivity contribution in [2.75, 3.05) is 0 Å². The maximum Gasteiger partial charge on any atom is 0.161 e. The van der Waals surface area contributed by atoms with Gasteiger partial charge in [0.05, 0.1) is 22.2 Å². The predicted molar refractivity (Wildman–Crippen MR) is 130 cm³/mol. The van der Waals surface area contributed by atoms with Crippen LogP contribution in [0.3, 0.4) is 0 Å². The molecule has 0 saturated heterocycles. The lowest BCUT2D eigenvalue weighted by molar-refractivity contribution is 1.10. The number of aromatic amines is 2. The molecule has 5 rings (SSSR count). The molecule has 0 aliphatic heterocycles. The predicted octanol–water partition coefficient (Wildman–Crippen LogP) is 6.10. The van der Waals surface area contributed by atoms with Crippen LogP contribution in [0.1, 0.15) is 19.5 Å². The molecule has 2 N–H and O–H groups in total. The third-order valence-corrected chi connectivity index (χ3v) is 5.49. The molecule has 4 aromatic heterocycles. The summed E-state index contributed by atoms with van der Waals surface area (Å²) < 4.78 is 0. The van der Waals surface area contributed by atoms with Crippen LogP contribution in [0.5, 0.6) is 0 Å². The van der Waals surface area contributed by atoms with Crippen LogP contribution < -0.4 is 0 Å². The van der Waals surface area contributed by atoms with Gasteiger partial charge in [-0.05, 0) is 60.9 Å². The Hall–Kier alpha value is -4.32. The van der Waals surface area contributed by atoms with E-state index in [1.807, 2.05) is 49.4 Å². The quantitative estimate of drug-likeness (QED) is 0.338. The summed E-state index contributed by atoms with van der Waals surface area (Å²) >= 11 is 0. The lowest BCUT2D eigenvalue weighted by Crippen LogP contribution is -1.92. The minimum atomic E-state index is 0.679. The molecule has 0 atom stereocenters. The zero-order valence-corrected chi connectivity index (χ0v) is 17.9. The van der Waals surface area contributed by atoms with Crippen molar-refractivity contribution >= 4 is 27.6 Å². The number of hydrogen-bond acceptors (Lipinski definition) is 4. The monoisotopic (exact) mass is 418 g/mol. The number of benzene rings is 1. The first-order chi connectivity index (χ1) is 15.7. The third-order valence-electron chi connectivity index (χ3n) is 5.49. The molecule has 0 radical (unpaired) electrons. The number of imidazole rings is 1. The van der Waals surface area contributed by atoms with Gasteiger partial charge in [-0.2, -0.15) is 5.10 Å². The SMILES string of the molecule is C=C/C=C(C)\C(=C/C)c1ccc2[nH]nc(-c3nc4c(-c5ccncc5)cccc4[nH]3)c2n1. The van der Waals surface area contributed by atoms with Crippen LogP contribution in [0.25, 0.3) is 50.3 Å². The molecule has 1 aromatic carbocycles. The number of allylic oxidation sites excluding steroid dienone is 5. The van der Waals surface area contributed by atoms with Crippen molar-refractivity contribution in [1.82, 2.24) is 30.1 Å². The van der Waals surface area contributed by atoms with Crippen LogP contribution >= 0.6 is 0 Å². The molecular formula is C26H22N6. The standard InChI is InChI=1S/C26H22N6/c1-4-7-16(3)18(5-2)20-10-11-22-24(28-20)25(32-31-22)26-29-21-9-6-8-19(23(21)30-26)17-12-14-27-15-13-17/h4-15H,1H2,2-3H3,(H,29,30)(H,31,32)/b16-7-,18-5+. The second-order valence-electron chi connectivity index (χ2n) is 7.48. The number of H-pyrrole nitrogens is 2. The third kappa shape index (κ3) is 3.32. The van der Waals surface area contributed by atoms with Gasteiger partial charge < -0.3 is 4.98 Å². The molecule has 32 heavy (non-hydrogen) atoms. The Morgan fingerprint density at radius 1 is 0.969 bits per heavy atom. The molecule has 0 aliphatic rings. The molecule has 0 fully saturated rings. The second-order valence-corrected chi connectivity index (χ2v) is 7.48. The Kier molecular flexibility index (Phi) is 4.95. The van der Waals surface area contributed by atoms with Crippen LogP contribution in [0.15, 0.2) is 85.2 Å². The molecular weight excluding hydrogens is 396 g/mol. The van der Waals surface area contributed by atoms with Gasteiger partial charge in [-0.15, -0.1) is 0 Å². The average Bonchev–Trinajstić information content (AvgIpc) is 3.44. The van der Waals surface area contributed by atoms with E-state index in [-0.39, 0.29) is 0 Å². The van der Waals surface area contributed by atoms with Crippen molar-refractivity contribution in [3.8, 4) is 22.6 Å². The number of nitrogens with one attached hydrogen (secondary N) is 2. The molecule has 6 heteroatoms. The van der Waals surface area contributed by atoms with E-state index in [1.165, 1.54) is 0 Å². The number of rotatable bonds is 5. The van der Waals surface area contributed by atoms with E-state index in [4.69, 9.17) is 9.97 Å². The van der Waals surface area contributed by atoms with Gasteiger partial charge in [-0.25, -0.2) is 9.97 Å². The normalized spacial score (nSPS) is 12.6. The Morgan fingerprint density at radius 2 is 1.81 bits per heavy atom. The van der Waals surface area contributed by atoms with Gasteiger partial charge >= 0.3 is 0 Å². The second kappa shape index (κ2) is 8.07. The van der Waals surface area contributed by atoms with Crippen LogP contribution in [0.4, 0.5) is 0 Å². The first kappa shape index (κ1) is 19.6. The summed E-state index contributed by atoms with van der Waals surface area (Å²) in [5, 5.41) is 7.61. The summed E-state index contributed by atoms with van der Waals surface area (Å²) in [5.74, 6) is 0.679. The molecule has 0 unspecified atom stereocenters. The minimum absolute atomic E-state index is 0.679. The minimum Gasteiger partial charge on any atom is -0.336 e. The maximum absolute atomic E-state index is 4.93. The summed E-state index contributed by atoms with van der Waals surface area (Å²) in [4.78, 5) is 17.4. The molecule has 156 valence electrons. The van der Waals surface area contributed by atoms with E-state index in [0.717, 1.165) is 50.0 Å². The van der Waals surface area contributed by atoms with Crippen LogP contribution in [-0.4, -0.2) is 30.1 Å². The fraction of sp³-hybridized carbons (Fsp3) is 0.0769. The fourth-order valence-electron chi connectivity index (χ4n) is 3.97. The average molecular weight is 419 g/mol. The summed E-state index contributed by atoms with van der Waals surface area (Å²) in [5.41, 5.74) is 9.32. The van der Waals surface area contributed by atoms with E-state index in [9.17, 15) is 0 Å². The molecule has 0 saturated carbocycles. The van der Waals surface area contributed by atoms with E-state index in [0.29, 0.717) is 11.5 Å². The van der Waals surface area contributed by atoms with Gasteiger partial charge in [0.25, 0.3) is 0 Å². The van der Waals surface area contributed by atoms with Crippen molar-refractivity contribution in [3.63, 3.8) is 0 Å². The summed E-state index contributed by atoms with van der Waals surface area (Å²) in [6, 6.07) is 14.1. The zero-order valence-electron chi connectivity index (χ0n) is 17.9. The molecule has 0 spiro atoms. The van der Waals surface area contributed by atoms with Gasteiger partial charge in [-0.1, -0.05) is 36.9 Å². The summed E-state index contributed by atoms with van der Waals surface area (Å²) in [7, 11) is 0. The molecule has 4 heterocycles. The number of para-hydroxylation sites is 1. The van der Waals surface area contributed by atoms with Crippen LogP contribution in [-0.2, 0) is 0 Å². The van der Waals surface area contributed by atoms with Crippen molar-refractivity contribution in [2.24, 2.45) is 0 Å². The molecule has 0 bridgehead atoms. The Labute approximate surface area is 185 Å². The van der Waals surface area contributed by atoms with E-state index < -0.39 is 0 Å². The van der Waals surface area contributed by atoms with Gasteiger partial charge in [0.15, 0.2) is 11.5 Å². The number of aromatic nitrogens is 6. The maximum atomic E-state index is 4.93. The number of hydrogen-bond donors (Lipinski definition) is 2. The number of pyridine rings is 2. The highest BCUT2D eigenvalue weighted by Crippen LogP contribution is 2.31. The van der Waals surface area contributed by atoms with Crippen molar-refractivity contribution in [2.45, 2.75) is 13.8 Å². The van der Waals surface area contributed by atoms with Gasteiger partial charge in [0.2, 0.25) is 0 Å². The van der Waals surface area contributed by atoms with Crippen LogP contribution in [0.2, 0.25) is 0 Å². The lowest BCUT2D eigenvalue weighted by Gasteiger charge is -2.07. The highest BCUT2D eigenvalue weighted by Gasteiger charge is 2.17. The Bertz CT molecular complexity index is 1500. The first-order valence-electron chi connectivity index (χ1n) is 10.4.